The van der Waals surface area contributed by atoms with Crippen molar-refractivity contribution in [2.24, 2.45) is 0 Å². The molecule has 0 saturated carbocycles. The van der Waals surface area contributed by atoms with Crippen molar-refractivity contribution in [1.82, 2.24) is 24.7 Å². The van der Waals surface area contributed by atoms with Crippen LogP contribution >= 0.6 is 0 Å². The Labute approximate surface area is 134 Å². The molecule has 3 heterocycles. The zero-order valence-electron chi connectivity index (χ0n) is 12.1. The molecule has 0 radical (unpaired) electrons. The van der Waals surface area contributed by atoms with Gasteiger partial charge in [-0.1, -0.05) is 0 Å². The van der Waals surface area contributed by atoms with Gasteiger partial charge in [0.15, 0.2) is 5.65 Å². The van der Waals surface area contributed by atoms with Crippen LogP contribution in [0.1, 0.15) is 10.4 Å². The van der Waals surface area contributed by atoms with E-state index in [9.17, 15) is 14.3 Å². The molecule has 0 saturated heterocycles. The van der Waals surface area contributed by atoms with Crippen molar-refractivity contribution in [3.05, 3.63) is 60.4 Å². The summed E-state index contributed by atoms with van der Waals surface area (Å²) >= 11 is 0. The van der Waals surface area contributed by atoms with Crippen molar-refractivity contribution in [1.29, 1.82) is 0 Å². The fraction of sp³-hybridized carbons (Fsp3) is 0. The molecule has 4 aromatic rings. The minimum Gasteiger partial charge on any atom is -0.478 e. The van der Waals surface area contributed by atoms with E-state index >= 15 is 0 Å². The Hall–Kier alpha value is -3.55. The summed E-state index contributed by atoms with van der Waals surface area (Å²) in [5, 5.41) is 13.4. The number of fused-ring (bicyclic) bond motifs is 1. The summed E-state index contributed by atoms with van der Waals surface area (Å²) in [4.78, 5) is 22.5. The number of carboxylic acids is 1. The first kappa shape index (κ1) is 14.1. The maximum absolute atomic E-state index is 13.0. The number of nitrogens with zero attached hydrogens (tertiary/aromatic N) is 4. The topological polar surface area (TPSA) is 96.7 Å². The van der Waals surface area contributed by atoms with Crippen LogP contribution in [0, 0.1) is 5.82 Å². The summed E-state index contributed by atoms with van der Waals surface area (Å²) < 4.78 is 14.6. The van der Waals surface area contributed by atoms with Crippen LogP contribution in [0.3, 0.4) is 0 Å². The van der Waals surface area contributed by atoms with Crippen LogP contribution in [0.4, 0.5) is 4.39 Å². The van der Waals surface area contributed by atoms with Gasteiger partial charge in [0.25, 0.3) is 0 Å². The van der Waals surface area contributed by atoms with Gasteiger partial charge in [-0.3, -0.25) is 0 Å². The van der Waals surface area contributed by atoms with E-state index < -0.39 is 5.97 Å². The number of aromatic amines is 1. The molecule has 24 heavy (non-hydrogen) atoms. The molecule has 7 nitrogen and oxygen atoms in total. The Bertz CT molecular complexity index is 1050. The number of aromatic nitrogens is 5. The Morgan fingerprint density at radius 3 is 2.75 bits per heavy atom. The number of carboxylic acid groups (broad SMARTS) is 1. The molecule has 0 unspecified atom stereocenters. The Morgan fingerprint density at radius 2 is 2.00 bits per heavy atom. The van der Waals surface area contributed by atoms with Gasteiger partial charge in [-0.2, -0.15) is 5.10 Å². The molecule has 3 aromatic heterocycles. The number of benzene rings is 1. The molecule has 8 heteroatoms. The average molecular weight is 323 g/mol. The third kappa shape index (κ3) is 2.30. The van der Waals surface area contributed by atoms with Crippen molar-refractivity contribution in [2.45, 2.75) is 0 Å². The monoisotopic (exact) mass is 323 g/mol. The quantitative estimate of drug-likeness (QED) is 0.604. The molecule has 0 aliphatic heterocycles. The van der Waals surface area contributed by atoms with Gasteiger partial charge in [0, 0.05) is 18.0 Å². The van der Waals surface area contributed by atoms with Crippen molar-refractivity contribution >= 4 is 17.1 Å². The largest absolute Gasteiger partial charge is 0.478 e. The average Bonchev–Trinajstić information content (AvgIpc) is 3.22. The van der Waals surface area contributed by atoms with E-state index in [0.29, 0.717) is 22.6 Å². The molecular formula is C16H10FN5O2. The van der Waals surface area contributed by atoms with Crippen LogP contribution < -0.4 is 0 Å². The van der Waals surface area contributed by atoms with Gasteiger partial charge in [-0.25, -0.2) is 23.8 Å². The molecular weight excluding hydrogens is 313 g/mol. The number of halogens is 1. The van der Waals surface area contributed by atoms with Crippen LogP contribution in [0.15, 0.2) is 49.1 Å². The van der Waals surface area contributed by atoms with Crippen molar-refractivity contribution in [2.75, 3.05) is 0 Å². The number of carbonyl (C=O) groups is 1. The predicted octanol–water partition coefficient (Wildman–Crippen LogP) is 2.65. The van der Waals surface area contributed by atoms with Gasteiger partial charge < -0.3 is 10.1 Å². The second kappa shape index (κ2) is 5.27. The van der Waals surface area contributed by atoms with E-state index in [-0.39, 0.29) is 16.9 Å². The van der Waals surface area contributed by atoms with Gasteiger partial charge in [0.05, 0.1) is 23.8 Å². The highest BCUT2D eigenvalue weighted by Crippen LogP contribution is 2.21. The van der Waals surface area contributed by atoms with Crippen LogP contribution in [0.2, 0.25) is 0 Å². The fourth-order valence-electron chi connectivity index (χ4n) is 2.38. The van der Waals surface area contributed by atoms with E-state index in [4.69, 9.17) is 0 Å². The SMILES string of the molecule is O=C(O)c1c[nH]c2ncc(-c3cnn(-c4ccc(F)cc4)c3)nc12. The molecule has 0 spiro atoms. The van der Waals surface area contributed by atoms with E-state index in [1.165, 1.54) is 24.5 Å². The summed E-state index contributed by atoms with van der Waals surface area (Å²) in [6.45, 7) is 0. The van der Waals surface area contributed by atoms with Crippen LogP contribution in [-0.2, 0) is 0 Å². The molecule has 0 aliphatic carbocycles. The number of H-pyrrole nitrogens is 1. The third-order valence-corrected chi connectivity index (χ3v) is 3.58. The standard InChI is InChI=1S/C16H10FN5O2/c17-10-1-3-11(4-2-10)22-8-9(5-20-22)13-7-19-15-14(21-13)12(6-18-15)16(23)24/h1-8H,(H,18,19)(H,23,24). The molecule has 0 atom stereocenters. The molecule has 0 amide bonds. The first-order valence-corrected chi connectivity index (χ1v) is 7.00. The summed E-state index contributed by atoms with van der Waals surface area (Å²) in [7, 11) is 0. The first-order valence-electron chi connectivity index (χ1n) is 7.00. The van der Waals surface area contributed by atoms with Gasteiger partial charge in [-0.05, 0) is 24.3 Å². The minimum atomic E-state index is -1.07. The van der Waals surface area contributed by atoms with E-state index in [1.54, 1.807) is 29.2 Å². The summed E-state index contributed by atoms with van der Waals surface area (Å²) in [5.41, 5.74) is 2.62. The zero-order valence-corrected chi connectivity index (χ0v) is 12.1. The van der Waals surface area contributed by atoms with Crippen molar-refractivity contribution in [3.63, 3.8) is 0 Å². The van der Waals surface area contributed by atoms with Crippen LogP contribution in [0.5, 0.6) is 0 Å². The third-order valence-electron chi connectivity index (χ3n) is 3.58. The first-order chi connectivity index (χ1) is 11.6. The van der Waals surface area contributed by atoms with Gasteiger partial charge in [0.2, 0.25) is 0 Å². The van der Waals surface area contributed by atoms with Crippen LogP contribution in [0.25, 0.3) is 28.1 Å². The Balaban J connectivity index is 1.76. The van der Waals surface area contributed by atoms with Crippen molar-refractivity contribution in [3.8, 4) is 16.9 Å². The molecule has 0 aliphatic rings. The van der Waals surface area contributed by atoms with Crippen molar-refractivity contribution < 1.29 is 14.3 Å². The Kier molecular flexibility index (Phi) is 3.09. The summed E-state index contributed by atoms with van der Waals surface area (Å²) in [5.74, 6) is -1.40. The lowest BCUT2D eigenvalue weighted by atomic mass is 10.2. The van der Waals surface area contributed by atoms with Crippen LogP contribution in [-0.4, -0.2) is 35.8 Å². The smallest absolute Gasteiger partial charge is 0.339 e. The maximum Gasteiger partial charge on any atom is 0.339 e. The highest BCUT2D eigenvalue weighted by molar-refractivity contribution is 6.00. The lowest BCUT2D eigenvalue weighted by molar-refractivity contribution is 0.0699. The van der Waals surface area contributed by atoms with Gasteiger partial charge >= 0.3 is 5.97 Å². The molecule has 4 rings (SSSR count). The molecule has 2 N–H and O–H groups in total. The van der Waals surface area contributed by atoms with E-state index in [0.717, 1.165) is 0 Å². The summed E-state index contributed by atoms with van der Waals surface area (Å²) in [6.07, 6.45) is 6.21. The number of aromatic carboxylic acids is 1. The second-order valence-electron chi connectivity index (χ2n) is 5.11. The Morgan fingerprint density at radius 1 is 1.21 bits per heavy atom. The molecule has 118 valence electrons. The van der Waals surface area contributed by atoms with E-state index in [2.05, 4.69) is 20.1 Å². The maximum atomic E-state index is 13.0. The number of nitrogens with one attached hydrogen (secondary N) is 1. The second-order valence-corrected chi connectivity index (χ2v) is 5.11. The normalized spacial score (nSPS) is 11.0. The zero-order chi connectivity index (χ0) is 16.7. The highest BCUT2D eigenvalue weighted by Gasteiger charge is 2.14. The fourth-order valence-corrected chi connectivity index (χ4v) is 2.38. The highest BCUT2D eigenvalue weighted by atomic mass is 19.1. The number of hydrogen-bond acceptors (Lipinski definition) is 4. The van der Waals surface area contributed by atoms with Gasteiger partial charge in [-0.15, -0.1) is 0 Å². The molecule has 0 bridgehead atoms. The predicted molar refractivity (Wildman–Crippen MR) is 83.4 cm³/mol. The minimum absolute atomic E-state index is 0.0604. The number of rotatable bonds is 3. The number of hydrogen-bond donors (Lipinski definition) is 2. The molecule has 1 aromatic carbocycles. The molecule has 0 fully saturated rings. The van der Waals surface area contributed by atoms with Gasteiger partial charge in [0.1, 0.15) is 16.9 Å². The lowest BCUT2D eigenvalue weighted by Crippen LogP contribution is -1.96. The van der Waals surface area contributed by atoms with E-state index in [1.807, 2.05) is 0 Å². The lowest BCUT2D eigenvalue weighted by Gasteiger charge is -2.00. The summed E-state index contributed by atoms with van der Waals surface area (Å²) in [6, 6.07) is 5.91.